The van der Waals surface area contributed by atoms with Gasteiger partial charge < -0.3 is 4.74 Å². The molecule has 0 spiro atoms. The number of benzene rings is 2. The van der Waals surface area contributed by atoms with Crippen molar-refractivity contribution in [3.05, 3.63) is 63.6 Å². The lowest BCUT2D eigenvalue weighted by atomic mass is 10.1. The van der Waals surface area contributed by atoms with Gasteiger partial charge in [-0.1, -0.05) is 45.8 Å². The van der Waals surface area contributed by atoms with Crippen LogP contribution in [-0.2, 0) is 4.79 Å². The van der Waals surface area contributed by atoms with Gasteiger partial charge in [0, 0.05) is 4.47 Å². The Morgan fingerprint density at radius 1 is 1.23 bits per heavy atom. The lowest BCUT2D eigenvalue weighted by Gasteiger charge is -2.08. The summed E-state index contributed by atoms with van der Waals surface area (Å²) >= 11 is 3.36. The van der Waals surface area contributed by atoms with Crippen LogP contribution in [-0.4, -0.2) is 18.7 Å². The Morgan fingerprint density at radius 2 is 1.95 bits per heavy atom. The van der Waals surface area contributed by atoms with E-state index < -0.39 is 0 Å². The van der Waals surface area contributed by atoms with E-state index >= 15 is 0 Å². The summed E-state index contributed by atoms with van der Waals surface area (Å²) in [4.78, 5) is 11.7. The number of rotatable bonds is 5. The fourth-order valence-corrected chi connectivity index (χ4v) is 2.13. The van der Waals surface area contributed by atoms with Gasteiger partial charge in [-0.3, -0.25) is 4.79 Å². The predicted octanol–water partition coefficient (Wildman–Crippen LogP) is 3.60. The molecule has 5 heteroatoms. The Bertz CT molecular complexity index is 682. The van der Waals surface area contributed by atoms with Gasteiger partial charge in [-0.05, 0) is 43.2 Å². The largest absolute Gasteiger partial charge is 0.483 e. The van der Waals surface area contributed by atoms with Crippen LogP contribution >= 0.6 is 15.9 Å². The van der Waals surface area contributed by atoms with E-state index in [1.165, 1.54) is 0 Å². The summed E-state index contributed by atoms with van der Waals surface area (Å²) in [5, 5.41) is 3.90. The number of halogens is 1. The van der Waals surface area contributed by atoms with Gasteiger partial charge in [0.1, 0.15) is 5.75 Å². The van der Waals surface area contributed by atoms with E-state index in [0.717, 1.165) is 21.2 Å². The summed E-state index contributed by atoms with van der Waals surface area (Å²) in [5.41, 5.74) is 5.51. The molecule has 0 atom stereocenters. The summed E-state index contributed by atoms with van der Waals surface area (Å²) in [6.45, 7) is 3.90. The van der Waals surface area contributed by atoms with Crippen molar-refractivity contribution in [2.24, 2.45) is 5.10 Å². The summed E-state index contributed by atoms with van der Waals surface area (Å²) in [5.74, 6) is 0.408. The molecule has 2 aromatic rings. The van der Waals surface area contributed by atoms with Crippen molar-refractivity contribution >= 4 is 28.1 Å². The van der Waals surface area contributed by atoms with Gasteiger partial charge in [0.15, 0.2) is 6.61 Å². The summed E-state index contributed by atoms with van der Waals surface area (Å²) < 4.78 is 6.48. The zero-order valence-corrected chi connectivity index (χ0v) is 14.1. The third kappa shape index (κ3) is 5.00. The first-order valence-corrected chi connectivity index (χ1v) is 7.61. The highest BCUT2D eigenvalue weighted by molar-refractivity contribution is 9.10. The van der Waals surface area contributed by atoms with Crippen molar-refractivity contribution in [2.75, 3.05) is 6.61 Å². The van der Waals surface area contributed by atoms with E-state index in [-0.39, 0.29) is 12.5 Å². The van der Waals surface area contributed by atoms with Crippen LogP contribution < -0.4 is 10.2 Å². The van der Waals surface area contributed by atoms with Crippen LogP contribution in [0.3, 0.4) is 0 Å². The van der Waals surface area contributed by atoms with E-state index in [1.54, 1.807) is 6.21 Å². The van der Waals surface area contributed by atoms with Crippen LogP contribution in [0.2, 0.25) is 0 Å². The summed E-state index contributed by atoms with van der Waals surface area (Å²) in [6, 6.07) is 13.4. The van der Waals surface area contributed by atoms with Gasteiger partial charge in [-0.25, -0.2) is 5.43 Å². The van der Waals surface area contributed by atoms with Crippen LogP contribution in [0.4, 0.5) is 0 Å². The number of aryl methyl sites for hydroxylation is 2. The monoisotopic (exact) mass is 360 g/mol. The summed E-state index contributed by atoms with van der Waals surface area (Å²) in [7, 11) is 0. The molecule has 0 unspecified atom stereocenters. The minimum atomic E-state index is -0.298. The third-order valence-electron chi connectivity index (χ3n) is 2.96. The van der Waals surface area contributed by atoms with Crippen LogP contribution in [0.1, 0.15) is 16.7 Å². The average molecular weight is 361 g/mol. The molecule has 0 aliphatic carbocycles. The molecule has 0 aliphatic heterocycles. The minimum Gasteiger partial charge on any atom is -0.483 e. The second-order valence-electron chi connectivity index (χ2n) is 4.90. The molecule has 0 aromatic heterocycles. The van der Waals surface area contributed by atoms with E-state index in [1.807, 2.05) is 56.3 Å². The molecule has 0 bridgehead atoms. The second kappa shape index (κ2) is 7.75. The molecule has 0 saturated heterocycles. The molecule has 114 valence electrons. The Kier molecular flexibility index (Phi) is 5.72. The molecule has 4 nitrogen and oxygen atoms in total. The number of hydrogen-bond acceptors (Lipinski definition) is 3. The smallest absolute Gasteiger partial charge is 0.277 e. The summed E-state index contributed by atoms with van der Waals surface area (Å²) in [6.07, 6.45) is 1.58. The van der Waals surface area contributed by atoms with Crippen LogP contribution in [0.15, 0.2) is 52.0 Å². The second-order valence-corrected chi connectivity index (χ2v) is 5.82. The van der Waals surface area contributed by atoms with E-state index in [2.05, 4.69) is 26.5 Å². The molecular formula is C17H17BrN2O2. The lowest BCUT2D eigenvalue weighted by molar-refractivity contribution is -0.123. The maximum Gasteiger partial charge on any atom is 0.277 e. The lowest BCUT2D eigenvalue weighted by Crippen LogP contribution is -2.24. The number of amides is 1. The molecule has 0 fully saturated rings. The minimum absolute atomic E-state index is 0.0679. The van der Waals surface area contributed by atoms with Crippen molar-refractivity contribution in [3.8, 4) is 5.75 Å². The van der Waals surface area contributed by atoms with Gasteiger partial charge in [-0.15, -0.1) is 0 Å². The standard InChI is InChI=1S/C17H17BrN2O2/c1-12-3-8-16(13(2)9-12)22-11-17(21)20-19-10-14-4-6-15(18)7-5-14/h3-10H,11H2,1-2H3,(H,20,21)/b19-10-. The first-order valence-electron chi connectivity index (χ1n) is 6.82. The van der Waals surface area contributed by atoms with Gasteiger partial charge in [0.2, 0.25) is 0 Å². The zero-order chi connectivity index (χ0) is 15.9. The highest BCUT2D eigenvalue weighted by atomic mass is 79.9. The molecule has 0 saturated carbocycles. The number of nitrogens with one attached hydrogen (secondary N) is 1. The number of nitrogens with zero attached hydrogens (tertiary/aromatic N) is 1. The van der Waals surface area contributed by atoms with E-state index in [0.29, 0.717) is 5.75 Å². The Hall–Kier alpha value is -2.14. The maximum atomic E-state index is 11.7. The fourth-order valence-electron chi connectivity index (χ4n) is 1.86. The molecule has 0 radical (unpaired) electrons. The predicted molar refractivity (Wildman–Crippen MR) is 91.3 cm³/mol. The Balaban J connectivity index is 1.81. The van der Waals surface area contributed by atoms with Crippen LogP contribution in [0.5, 0.6) is 5.75 Å². The number of carbonyl (C=O) groups excluding carboxylic acids is 1. The first kappa shape index (κ1) is 16.2. The van der Waals surface area contributed by atoms with Gasteiger partial charge in [0.25, 0.3) is 5.91 Å². The fraction of sp³-hybridized carbons (Fsp3) is 0.176. The SMILES string of the molecule is Cc1ccc(OCC(=O)N/N=C\c2ccc(Br)cc2)c(C)c1. The number of hydrogen-bond donors (Lipinski definition) is 1. The van der Waals surface area contributed by atoms with Gasteiger partial charge >= 0.3 is 0 Å². The third-order valence-corrected chi connectivity index (χ3v) is 3.49. The van der Waals surface area contributed by atoms with Crippen molar-refractivity contribution < 1.29 is 9.53 Å². The number of carbonyl (C=O) groups is 1. The maximum absolute atomic E-state index is 11.7. The van der Waals surface area contributed by atoms with Gasteiger partial charge in [0.05, 0.1) is 6.21 Å². The molecule has 0 aliphatic rings. The van der Waals surface area contributed by atoms with Gasteiger partial charge in [-0.2, -0.15) is 5.10 Å². The Labute approximate surface area is 138 Å². The highest BCUT2D eigenvalue weighted by Gasteiger charge is 2.04. The molecule has 2 aromatic carbocycles. The highest BCUT2D eigenvalue weighted by Crippen LogP contribution is 2.18. The van der Waals surface area contributed by atoms with Crippen molar-refractivity contribution in [1.29, 1.82) is 0 Å². The van der Waals surface area contributed by atoms with E-state index in [9.17, 15) is 4.79 Å². The van der Waals surface area contributed by atoms with Crippen LogP contribution in [0, 0.1) is 13.8 Å². The zero-order valence-electron chi connectivity index (χ0n) is 12.5. The quantitative estimate of drug-likeness (QED) is 0.654. The van der Waals surface area contributed by atoms with Crippen molar-refractivity contribution in [1.82, 2.24) is 5.43 Å². The Morgan fingerprint density at radius 3 is 2.64 bits per heavy atom. The van der Waals surface area contributed by atoms with Crippen LogP contribution in [0.25, 0.3) is 0 Å². The van der Waals surface area contributed by atoms with Crippen molar-refractivity contribution in [2.45, 2.75) is 13.8 Å². The number of hydrazone groups is 1. The number of ether oxygens (including phenoxy) is 1. The molecule has 1 amide bonds. The molecular weight excluding hydrogens is 344 g/mol. The average Bonchev–Trinajstić information content (AvgIpc) is 2.48. The van der Waals surface area contributed by atoms with E-state index in [4.69, 9.17) is 4.74 Å². The molecule has 22 heavy (non-hydrogen) atoms. The van der Waals surface area contributed by atoms with Crippen molar-refractivity contribution in [3.63, 3.8) is 0 Å². The normalized spacial score (nSPS) is 10.7. The molecule has 2 rings (SSSR count). The first-order chi connectivity index (χ1) is 10.5. The molecule has 0 heterocycles. The molecule has 1 N–H and O–H groups in total. The topological polar surface area (TPSA) is 50.7 Å².